The van der Waals surface area contributed by atoms with E-state index in [2.05, 4.69) is 25.1 Å². The van der Waals surface area contributed by atoms with Crippen molar-refractivity contribution in [1.82, 2.24) is 9.97 Å². The maximum atomic E-state index is 9.70. The Morgan fingerprint density at radius 2 is 2.10 bits per heavy atom. The van der Waals surface area contributed by atoms with Gasteiger partial charge in [0.1, 0.15) is 23.7 Å². The summed E-state index contributed by atoms with van der Waals surface area (Å²) < 4.78 is 5.50. The number of anilines is 3. The Bertz CT molecular complexity index is 836. The van der Waals surface area contributed by atoms with Crippen LogP contribution in [0, 0.1) is 0 Å². The van der Waals surface area contributed by atoms with Crippen LogP contribution >= 0.6 is 11.6 Å². The fraction of sp³-hybridized carbons (Fsp3) is 0.524. The summed E-state index contributed by atoms with van der Waals surface area (Å²) in [6.45, 7) is 2.85. The number of piperidine rings is 1. The molecule has 2 atom stereocenters. The number of ether oxygens (including phenoxy) is 1. The van der Waals surface area contributed by atoms with E-state index in [1.54, 1.807) is 13.4 Å². The van der Waals surface area contributed by atoms with Crippen molar-refractivity contribution in [1.29, 1.82) is 0 Å². The number of aliphatic hydroxyl groups is 1. The van der Waals surface area contributed by atoms with Crippen molar-refractivity contribution in [2.75, 3.05) is 48.5 Å². The summed E-state index contributed by atoms with van der Waals surface area (Å²) in [4.78, 5) is 13.4. The molecule has 2 fully saturated rings. The molecular weight excluding hydrogens is 390 g/mol. The molecule has 7 nitrogen and oxygen atoms in total. The first kappa shape index (κ1) is 20.0. The number of halogens is 1. The number of aromatic nitrogens is 2. The minimum absolute atomic E-state index is 0.142. The standard InChI is InChI=1S/C21H28ClN5O2/c1-29-19-6-5-15(22)10-18(19)26-9-7-16(12-26)25-20-11-21(24-14-23-20)27-8-3-2-4-17(27)13-28/h5-6,10-11,14,16-17,28H,2-4,7-9,12-13H2,1H3,(H,23,24,25). The minimum Gasteiger partial charge on any atom is -0.495 e. The molecule has 1 aromatic heterocycles. The smallest absolute Gasteiger partial charge is 0.142 e. The third-order valence-corrected chi connectivity index (χ3v) is 6.04. The zero-order valence-electron chi connectivity index (χ0n) is 16.7. The van der Waals surface area contributed by atoms with Gasteiger partial charge in [0.25, 0.3) is 0 Å². The van der Waals surface area contributed by atoms with Gasteiger partial charge in [-0.2, -0.15) is 0 Å². The Labute approximate surface area is 176 Å². The molecule has 0 radical (unpaired) electrons. The first-order chi connectivity index (χ1) is 14.2. The molecule has 0 spiro atoms. The van der Waals surface area contributed by atoms with Gasteiger partial charge in [-0.25, -0.2) is 9.97 Å². The SMILES string of the molecule is COc1ccc(Cl)cc1N1CCC(Nc2cc(N3CCCCC3CO)ncn2)C1. The van der Waals surface area contributed by atoms with E-state index in [4.69, 9.17) is 16.3 Å². The predicted molar refractivity (Wildman–Crippen MR) is 116 cm³/mol. The summed E-state index contributed by atoms with van der Waals surface area (Å²) in [5.41, 5.74) is 1.02. The van der Waals surface area contributed by atoms with Crippen molar-refractivity contribution in [3.8, 4) is 5.75 Å². The number of hydrogen-bond donors (Lipinski definition) is 2. The molecule has 2 unspecified atom stereocenters. The van der Waals surface area contributed by atoms with E-state index in [1.165, 1.54) is 0 Å². The van der Waals surface area contributed by atoms with E-state index in [0.717, 1.165) is 68.4 Å². The molecule has 0 aliphatic carbocycles. The quantitative estimate of drug-likeness (QED) is 0.747. The Hall–Kier alpha value is -2.25. The van der Waals surface area contributed by atoms with Crippen molar-refractivity contribution >= 4 is 28.9 Å². The lowest BCUT2D eigenvalue weighted by Gasteiger charge is -2.35. The normalized spacial score (nSPS) is 22.0. The Balaban J connectivity index is 1.44. The van der Waals surface area contributed by atoms with E-state index in [0.29, 0.717) is 5.02 Å². The minimum atomic E-state index is 0.142. The van der Waals surface area contributed by atoms with Gasteiger partial charge in [-0.05, 0) is 43.9 Å². The summed E-state index contributed by atoms with van der Waals surface area (Å²) in [5, 5.41) is 14.0. The van der Waals surface area contributed by atoms with Crippen molar-refractivity contribution in [2.45, 2.75) is 37.8 Å². The van der Waals surface area contributed by atoms with Gasteiger partial charge in [0, 0.05) is 36.8 Å². The first-order valence-corrected chi connectivity index (χ1v) is 10.6. The average molecular weight is 418 g/mol. The van der Waals surface area contributed by atoms with Crippen LogP contribution in [0.3, 0.4) is 0 Å². The van der Waals surface area contributed by atoms with E-state index in [-0.39, 0.29) is 18.7 Å². The highest BCUT2D eigenvalue weighted by molar-refractivity contribution is 6.30. The third-order valence-electron chi connectivity index (χ3n) is 5.81. The number of aliphatic hydroxyl groups excluding tert-OH is 1. The van der Waals surface area contributed by atoms with Gasteiger partial charge < -0.3 is 25.0 Å². The molecule has 29 heavy (non-hydrogen) atoms. The number of hydrogen-bond acceptors (Lipinski definition) is 7. The van der Waals surface area contributed by atoms with Crippen LogP contribution < -0.4 is 19.9 Å². The lowest BCUT2D eigenvalue weighted by atomic mass is 10.0. The molecule has 2 aliphatic rings. The van der Waals surface area contributed by atoms with Gasteiger partial charge >= 0.3 is 0 Å². The van der Waals surface area contributed by atoms with Gasteiger partial charge in [-0.1, -0.05) is 11.6 Å². The van der Waals surface area contributed by atoms with Crippen LogP contribution in [0.1, 0.15) is 25.7 Å². The van der Waals surface area contributed by atoms with Crippen molar-refractivity contribution in [3.63, 3.8) is 0 Å². The maximum absolute atomic E-state index is 9.70. The molecule has 4 rings (SSSR count). The highest BCUT2D eigenvalue weighted by Crippen LogP contribution is 2.34. The molecule has 2 saturated heterocycles. The number of nitrogens with one attached hydrogen (secondary N) is 1. The van der Waals surface area contributed by atoms with Crippen LogP contribution in [0.2, 0.25) is 5.02 Å². The van der Waals surface area contributed by atoms with Crippen LogP contribution in [0.15, 0.2) is 30.6 Å². The number of methoxy groups -OCH3 is 1. The average Bonchev–Trinajstić information content (AvgIpc) is 3.22. The third kappa shape index (κ3) is 4.51. The number of benzene rings is 1. The summed E-state index contributed by atoms with van der Waals surface area (Å²) >= 11 is 6.20. The van der Waals surface area contributed by atoms with Gasteiger partial charge in [-0.15, -0.1) is 0 Å². The summed E-state index contributed by atoms with van der Waals surface area (Å²) in [6.07, 6.45) is 5.89. The lowest BCUT2D eigenvalue weighted by Crippen LogP contribution is -2.42. The van der Waals surface area contributed by atoms with Crippen LogP contribution in [-0.4, -0.2) is 60.5 Å². The fourth-order valence-electron chi connectivity index (χ4n) is 4.29. The van der Waals surface area contributed by atoms with Crippen molar-refractivity contribution < 1.29 is 9.84 Å². The van der Waals surface area contributed by atoms with Gasteiger partial charge in [0.15, 0.2) is 0 Å². The van der Waals surface area contributed by atoms with E-state index in [9.17, 15) is 5.11 Å². The largest absolute Gasteiger partial charge is 0.495 e. The summed E-state index contributed by atoms with van der Waals surface area (Å²) in [5.74, 6) is 2.54. The molecule has 0 bridgehead atoms. The topological polar surface area (TPSA) is 73.8 Å². The lowest BCUT2D eigenvalue weighted by molar-refractivity contribution is 0.239. The molecule has 2 aliphatic heterocycles. The Morgan fingerprint density at radius 1 is 1.21 bits per heavy atom. The molecule has 8 heteroatoms. The first-order valence-electron chi connectivity index (χ1n) is 10.2. The van der Waals surface area contributed by atoms with E-state index in [1.807, 2.05) is 24.3 Å². The monoisotopic (exact) mass is 417 g/mol. The van der Waals surface area contributed by atoms with Crippen molar-refractivity contribution in [2.24, 2.45) is 0 Å². The Morgan fingerprint density at radius 3 is 2.93 bits per heavy atom. The highest BCUT2D eigenvalue weighted by Gasteiger charge is 2.26. The van der Waals surface area contributed by atoms with Gasteiger partial charge in [0.2, 0.25) is 0 Å². The molecule has 0 saturated carbocycles. The summed E-state index contributed by atoms with van der Waals surface area (Å²) in [7, 11) is 1.68. The zero-order chi connectivity index (χ0) is 20.2. The molecular formula is C21H28ClN5O2. The summed E-state index contributed by atoms with van der Waals surface area (Å²) in [6, 6.07) is 8.12. The highest BCUT2D eigenvalue weighted by atomic mass is 35.5. The van der Waals surface area contributed by atoms with Gasteiger partial charge in [-0.3, -0.25) is 0 Å². The molecule has 1 aromatic carbocycles. The van der Waals surface area contributed by atoms with Crippen LogP contribution in [-0.2, 0) is 0 Å². The predicted octanol–water partition coefficient (Wildman–Crippen LogP) is 3.18. The maximum Gasteiger partial charge on any atom is 0.142 e. The van der Waals surface area contributed by atoms with E-state index < -0.39 is 0 Å². The van der Waals surface area contributed by atoms with Crippen LogP contribution in [0.25, 0.3) is 0 Å². The molecule has 156 valence electrons. The van der Waals surface area contributed by atoms with Crippen LogP contribution in [0.5, 0.6) is 5.75 Å². The second kappa shape index (κ2) is 9.05. The molecule has 2 N–H and O–H groups in total. The van der Waals surface area contributed by atoms with E-state index >= 15 is 0 Å². The molecule has 3 heterocycles. The molecule has 2 aromatic rings. The Kier molecular flexibility index (Phi) is 6.25. The number of nitrogens with zero attached hydrogens (tertiary/aromatic N) is 4. The zero-order valence-corrected chi connectivity index (χ0v) is 17.5. The second-order valence-corrected chi connectivity index (χ2v) is 8.12. The van der Waals surface area contributed by atoms with Crippen molar-refractivity contribution in [3.05, 3.63) is 35.6 Å². The van der Waals surface area contributed by atoms with Gasteiger partial charge in [0.05, 0.1) is 25.4 Å². The second-order valence-electron chi connectivity index (χ2n) is 7.68. The number of rotatable bonds is 6. The van der Waals surface area contributed by atoms with Crippen LogP contribution in [0.4, 0.5) is 17.3 Å². The fourth-order valence-corrected chi connectivity index (χ4v) is 4.46. The molecule has 0 amide bonds.